The minimum atomic E-state index is -0.868. The van der Waals surface area contributed by atoms with E-state index in [-0.39, 0.29) is 0 Å². The molecule has 1 aromatic heterocycles. The van der Waals surface area contributed by atoms with E-state index in [1.54, 1.807) is 0 Å². The van der Waals surface area contributed by atoms with Gasteiger partial charge in [-0.1, -0.05) is 6.92 Å². The second kappa shape index (κ2) is 7.70. The maximum absolute atomic E-state index is 11.3. The Hall–Kier alpha value is -1.46. The Morgan fingerprint density at radius 2 is 2.05 bits per heavy atom. The fraction of sp³-hybridized carbons (Fsp3) is 0.467. The van der Waals surface area contributed by atoms with Crippen LogP contribution in [0.25, 0.3) is 11.0 Å². The number of anilines is 1. The molecule has 2 aromatic rings. The van der Waals surface area contributed by atoms with Gasteiger partial charge in [0.1, 0.15) is 11.7 Å². The van der Waals surface area contributed by atoms with Crippen molar-refractivity contribution in [2.45, 2.75) is 19.3 Å². The van der Waals surface area contributed by atoms with Gasteiger partial charge in [0.2, 0.25) is 0 Å². The molecule has 120 valence electrons. The highest BCUT2D eigenvalue weighted by Crippen LogP contribution is 2.24. The summed E-state index contributed by atoms with van der Waals surface area (Å²) in [6.07, 6.45) is 0.493. The summed E-state index contributed by atoms with van der Waals surface area (Å²) in [6, 6.07) is 5.79. The minimum Gasteiger partial charge on any atom is -0.481 e. The Morgan fingerprint density at radius 1 is 1.36 bits per heavy atom. The predicted molar refractivity (Wildman–Crippen MR) is 90.4 cm³/mol. The molecule has 5 nitrogen and oxygen atoms in total. The number of rotatable bonds is 8. The van der Waals surface area contributed by atoms with E-state index >= 15 is 0 Å². The number of halogens is 2. The van der Waals surface area contributed by atoms with Crippen LogP contribution in [0.5, 0.6) is 0 Å². The zero-order chi connectivity index (χ0) is 16.1. The molecule has 0 bridgehead atoms. The van der Waals surface area contributed by atoms with Crippen LogP contribution < -0.4 is 4.90 Å². The number of hydrogen-bond donors (Lipinski definition) is 2. The summed E-state index contributed by atoms with van der Waals surface area (Å²) in [4.78, 5) is 20.9. The van der Waals surface area contributed by atoms with Crippen LogP contribution in [0.2, 0.25) is 0 Å². The number of nitrogens with one attached hydrogen (secondary N) is 1. The van der Waals surface area contributed by atoms with Gasteiger partial charge >= 0.3 is 5.97 Å². The van der Waals surface area contributed by atoms with Crippen molar-refractivity contribution < 1.29 is 9.90 Å². The van der Waals surface area contributed by atoms with Crippen molar-refractivity contribution in [1.29, 1.82) is 0 Å². The summed E-state index contributed by atoms with van der Waals surface area (Å²) >= 11 is 11.7. The number of carbonyl (C=O) groups is 1. The first-order valence-electron chi connectivity index (χ1n) is 7.20. The Labute approximate surface area is 139 Å². The second-order valence-corrected chi connectivity index (χ2v) is 5.74. The van der Waals surface area contributed by atoms with E-state index < -0.39 is 11.9 Å². The Balaban J connectivity index is 2.35. The van der Waals surface area contributed by atoms with Crippen LogP contribution in [0.3, 0.4) is 0 Å². The molecule has 0 amide bonds. The summed E-state index contributed by atoms with van der Waals surface area (Å²) < 4.78 is 0. The molecule has 0 fully saturated rings. The van der Waals surface area contributed by atoms with Gasteiger partial charge in [0.05, 0.1) is 11.0 Å². The number of hydrogen-bond acceptors (Lipinski definition) is 3. The van der Waals surface area contributed by atoms with Crippen molar-refractivity contribution in [2.24, 2.45) is 0 Å². The third-order valence-corrected chi connectivity index (χ3v) is 3.93. The zero-order valence-electron chi connectivity index (χ0n) is 12.4. The van der Waals surface area contributed by atoms with E-state index in [1.165, 1.54) is 0 Å². The first-order chi connectivity index (χ1) is 10.6. The number of carboxylic acid groups (broad SMARTS) is 1. The summed E-state index contributed by atoms with van der Waals surface area (Å²) in [7, 11) is 0. The number of aromatic nitrogens is 2. The molecule has 7 heteroatoms. The molecule has 0 unspecified atom stereocenters. The second-order valence-electron chi connectivity index (χ2n) is 4.99. The SMILES string of the molecule is CC[C@H](C(=O)O)c1nc2ccc(N(CCCl)CCCl)cc2[nH]1. The summed E-state index contributed by atoms with van der Waals surface area (Å²) in [5.41, 5.74) is 2.57. The maximum atomic E-state index is 11.3. The summed E-state index contributed by atoms with van der Waals surface area (Å²) in [6.45, 7) is 3.24. The molecule has 0 aliphatic rings. The number of carboxylic acids is 1. The zero-order valence-corrected chi connectivity index (χ0v) is 13.9. The molecule has 22 heavy (non-hydrogen) atoms. The van der Waals surface area contributed by atoms with Gasteiger partial charge in [-0.3, -0.25) is 4.79 Å². The highest BCUT2D eigenvalue weighted by Gasteiger charge is 2.21. The van der Waals surface area contributed by atoms with Gasteiger partial charge in [-0.05, 0) is 24.6 Å². The number of benzene rings is 1. The number of fused-ring (bicyclic) bond motifs is 1. The third-order valence-electron chi connectivity index (χ3n) is 3.59. The average Bonchev–Trinajstić information content (AvgIpc) is 2.89. The van der Waals surface area contributed by atoms with Gasteiger partial charge in [-0.2, -0.15) is 0 Å². The van der Waals surface area contributed by atoms with Crippen molar-refractivity contribution >= 4 is 45.9 Å². The highest BCUT2D eigenvalue weighted by molar-refractivity contribution is 6.18. The van der Waals surface area contributed by atoms with Crippen LogP contribution in [0, 0.1) is 0 Å². The van der Waals surface area contributed by atoms with Crippen LogP contribution in [0.1, 0.15) is 25.1 Å². The molecule has 0 saturated carbocycles. The van der Waals surface area contributed by atoms with Crippen LogP contribution in [-0.2, 0) is 4.79 Å². The van der Waals surface area contributed by atoms with Crippen LogP contribution in [0.4, 0.5) is 5.69 Å². The molecule has 1 heterocycles. The van der Waals surface area contributed by atoms with E-state index in [4.69, 9.17) is 23.2 Å². The standard InChI is InChI=1S/C15H19Cl2N3O2/c1-2-11(15(21)22)14-18-12-4-3-10(9-13(12)19-14)20(7-5-16)8-6-17/h3-4,9,11H,2,5-8H2,1H3,(H,18,19)(H,21,22)/t11-/m0/s1. The number of nitrogens with zero attached hydrogens (tertiary/aromatic N) is 2. The van der Waals surface area contributed by atoms with Crippen molar-refractivity contribution in [3.63, 3.8) is 0 Å². The topological polar surface area (TPSA) is 69.2 Å². The van der Waals surface area contributed by atoms with Gasteiger partial charge < -0.3 is 15.0 Å². The quantitative estimate of drug-likeness (QED) is 0.720. The summed E-state index contributed by atoms with van der Waals surface area (Å²) in [5, 5.41) is 9.24. The monoisotopic (exact) mass is 343 g/mol. The van der Waals surface area contributed by atoms with Gasteiger partial charge in [0.15, 0.2) is 0 Å². The molecule has 2 N–H and O–H groups in total. The van der Waals surface area contributed by atoms with Crippen molar-refractivity contribution in [3.05, 3.63) is 24.0 Å². The maximum Gasteiger partial charge on any atom is 0.314 e. The van der Waals surface area contributed by atoms with Crippen LogP contribution in [0.15, 0.2) is 18.2 Å². The average molecular weight is 344 g/mol. The molecule has 0 aliphatic carbocycles. The van der Waals surface area contributed by atoms with E-state index in [9.17, 15) is 9.90 Å². The molecular formula is C15H19Cl2N3O2. The molecule has 0 spiro atoms. The Morgan fingerprint density at radius 3 is 2.59 bits per heavy atom. The molecule has 1 aromatic carbocycles. The lowest BCUT2D eigenvalue weighted by Crippen LogP contribution is -2.27. The lowest BCUT2D eigenvalue weighted by atomic mass is 10.1. The number of imidazole rings is 1. The third kappa shape index (κ3) is 3.65. The number of aromatic amines is 1. The lowest BCUT2D eigenvalue weighted by molar-refractivity contribution is -0.139. The minimum absolute atomic E-state index is 0.489. The number of aliphatic carboxylic acids is 1. The first kappa shape index (κ1) is 16.9. The summed E-state index contributed by atoms with van der Waals surface area (Å²) in [5.74, 6) is 0.0360. The van der Waals surface area contributed by atoms with E-state index in [0.29, 0.717) is 37.1 Å². The Kier molecular flexibility index (Phi) is 5.91. The van der Waals surface area contributed by atoms with Crippen molar-refractivity contribution in [3.8, 4) is 0 Å². The molecule has 2 rings (SSSR count). The molecule has 0 radical (unpaired) electrons. The smallest absolute Gasteiger partial charge is 0.314 e. The van der Waals surface area contributed by atoms with Gasteiger partial charge in [0.25, 0.3) is 0 Å². The molecule has 0 saturated heterocycles. The Bertz CT molecular complexity index is 639. The van der Waals surface area contributed by atoms with Crippen molar-refractivity contribution in [2.75, 3.05) is 29.7 Å². The first-order valence-corrected chi connectivity index (χ1v) is 8.27. The highest BCUT2D eigenvalue weighted by atomic mass is 35.5. The van der Waals surface area contributed by atoms with Gasteiger partial charge in [-0.25, -0.2) is 4.98 Å². The number of H-pyrrole nitrogens is 1. The number of alkyl halides is 2. The predicted octanol–water partition coefficient (Wildman–Crippen LogP) is 3.43. The van der Waals surface area contributed by atoms with Crippen molar-refractivity contribution in [1.82, 2.24) is 9.97 Å². The van der Waals surface area contributed by atoms with Gasteiger partial charge in [-0.15, -0.1) is 23.2 Å². The van der Waals surface area contributed by atoms with E-state index in [1.807, 2.05) is 25.1 Å². The largest absolute Gasteiger partial charge is 0.481 e. The normalized spacial score (nSPS) is 12.5. The van der Waals surface area contributed by atoms with E-state index in [0.717, 1.165) is 16.7 Å². The molecule has 0 aliphatic heterocycles. The fourth-order valence-electron chi connectivity index (χ4n) is 2.44. The molecular weight excluding hydrogens is 325 g/mol. The van der Waals surface area contributed by atoms with Crippen LogP contribution >= 0.6 is 23.2 Å². The van der Waals surface area contributed by atoms with Gasteiger partial charge in [0, 0.05) is 30.5 Å². The fourth-order valence-corrected chi connectivity index (χ4v) is 2.85. The lowest BCUT2D eigenvalue weighted by Gasteiger charge is -2.22. The van der Waals surface area contributed by atoms with E-state index in [2.05, 4.69) is 14.9 Å². The van der Waals surface area contributed by atoms with Crippen LogP contribution in [-0.4, -0.2) is 45.9 Å². The molecule has 1 atom stereocenters.